The third-order valence-electron chi connectivity index (χ3n) is 3.84. The summed E-state index contributed by atoms with van der Waals surface area (Å²) in [5, 5.41) is 0. The molecule has 1 atom stereocenters. The number of hydrogen-bond acceptors (Lipinski definition) is 2. The molecule has 116 valence electrons. The summed E-state index contributed by atoms with van der Waals surface area (Å²) >= 11 is 3.57. The molecule has 0 amide bonds. The van der Waals surface area contributed by atoms with Gasteiger partial charge in [0.1, 0.15) is 0 Å². The molecule has 0 aromatic heterocycles. The van der Waals surface area contributed by atoms with E-state index in [0.717, 1.165) is 15.8 Å². The van der Waals surface area contributed by atoms with Crippen molar-refractivity contribution in [2.45, 2.75) is 6.04 Å². The van der Waals surface area contributed by atoms with Crippen LogP contribution in [0.3, 0.4) is 0 Å². The second kappa shape index (κ2) is 7.44. The van der Waals surface area contributed by atoms with Crippen LogP contribution in [0, 0.1) is 0 Å². The molecule has 2 N–H and O–H groups in total. The van der Waals surface area contributed by atoms with Crippen molar-refractivity contribution in [3.8, 4) is 0 Å². The van der Waals surface area contributed by atoms with Crippen molar-refractivity contribution in [2.75, 3.05) is 11.4 Å². The molecular formula is C20H19BrN2. The van der Waals surface area contributed by atoms with E-state index in [1.807, 2.05) is 24.3 Å². The molecule has 23 heavy (non-hydrogen) atoms. The minimum atomic E-state index is 0.0768. The Morgan fingerprint density at radius 1 is 0.783 bits per heavy atom. The van der Waals surface area contributed by atoms with Gasteiger partial charge in [0.2, 0.25) is 0 Å². The Morgan fingerprint density at radius 2 is 1.39 bits per heavy atom. The number of para-hydroxylation sites is 1. The summed E-state index contributed by atoms with van der Waals surface area (Å²) in [6, 6.07) is 29.2. The van der Waals surface area contributed by atoms with Gasteiger partial charge in [-0.25, -0.2) is 0 Å². The molecule has 0 spiro atoms. The van der Waals surface area contributed by atoms with Gasteiger partial charge in [-0.3, -0.25) is 0 Å². The lowest BCUT2D eigenvalue weighted by atomic mass is 10.0. The molecule has 0 saturated carbocycles. The van der Waals surface area contributed by atoms with Crippen molar-refractivity contribution in [1.82, 2.24) is 0 Å². The summed E-state index contributed by atoms with van der Waals surface area (Å²) in [6.07, 6.45) is 0. The normalized spacial score (nSPS) is 11.9. The number of halogens is 1. The molecule has 0 saturated heterocycles. The van der Waals surface area contributed by atoms with E-state index in [4.69, 9.17) is 5.73 Å². The highest BCUT2D eigenvalue weighted by molar-refractivity contribution is 9.10. The third-order valence-corrected chi connectivity index (χ3v) is 4.33. The molecule has 1 unspecified atom stereocenters. The van der Waals surface area contributed by atoms with Crippen LogP contribution in [0.25, 0.3) is 0 Å². The summed E-state index contributed by atoms with van der Waals surface area (Å²) in [6.45, 7) is 0.533. The van der Waals surface area contributed by atoms with Gasteiger partial charge in [0.05, 0.1) is 6.04 Å². The van der Waals surface area contributed by atoms with Crippen LogP contribution in [0.5, 0.6) is 0 Å². The maximum absolute atomic E-state index is 6.17. The molecule has 2 nitrogen and oxygen atoms in total. The first-order valence-corrected chi connectivity index (χ1v) is 8.44. The van der Waals surface area contributed by atoms with Gasteiger partial charge in [0, 0.05) is 22.4 Å². The Morgan fingerprint density at radius 3 is 2.00 bits per heavy atom. The monoisotopic (exact) mass is 366 g/mol. The summed E-state index contributed by atoms with van der Waals surface area (Å²) in [7, 11) is 0. The molecule has 0 heterocycles. The lowest BCUT2D eigenvalue weighted by Gasteiger charge is -2.33. The van der Waals surface area contributed by atoms with Crippen LogP contribution >= 0.6 is 15.9 Å². The average Bonchev–Trinajstić information content (AvgIpc) is 2.61. The SMILES string of the molecule is NCC(c1ccccc1)N(c1ccccc1)c1cccc(Br)c1. The molecular weight excluding hydrogens is 348 g/mol. The molecule has 0 radical (unpaired) electrons. The minimum Gasteiger partial charge on any atom is -0.333 e. The zero-order chi connectivity index (χ0) is 16.1. The summed E-state index contributed by atoms with van der Waals surface area (Å²) in [5.41, 5.74) is 9.62. The molecule has 3 rings (SSSR count). The first-order valence-electron chi connectivity index (χ1n) is 7.64. The second-order valence-electron chi connectivity index (χ2n) is 5.35. The van der Waals surface area contributed by atoms with Crippen LogP contribution in [0.15, 0.2) is 89.4 Å². The van der Waals surface area contributed by atoms with E-state index < -0.39 is 0 Å². The Kier molecular flexibility index (Phi) is 5.11. The van der Waals surface area contributed by atoms with Crippen LogP contribution < -0.4 is 10.6 Å². The smallest absolute Gasteiger partial charge is 0.0713 e. The molecule has 0 aliphatic carbocycles. The van der Waals surface area contributed by atoms with Crippen molar-refractivity contribution in [1.29, 1.82) is 0 Å². The molecule has 3 aromatic rings. The number of benzene rings is 3. The molecule has 0 aliphatic rings. The highest BCUT2D eigenvalue weighted by atomic mass is 79.9. The van der Waals surface area contributed by atoms with Gasteiger partial charge >= 0.3 is 0 Å². The zero-order valence-electron chi connectivity index (χ0n) is 12.8. The summed E-state index contributed by atoms with van der Waals surface area (Å²) < 4.78 is 1.06. The number of anilines is 2. The fourth-order valence-electron chi connectivity index (χ4n) is 2.79. The van der Waals surface area contributed by atoms with Gasteiger partial charge in [0.25, 0.3) is 0 Å². The van der Waals surface area contributed by atoms with Gasteiger partial charge in [0.15, 0.2) is 0 Å². The van der Waals surface area contributed by atoms with Gasteiger partial charge in [-0.1, -0.05) is 70.5 Å². The van der Waals surface area contributed by atoms with E-state index in [0.29, 0.717) is 6.54 Å². The van der Waals surface area contributed by atoms with Crippen molar-refractivity contribution in [3.05, 3.63) is 95.0 Å². The standard InChI is InChI=1S/C20H19BrN2/c21-17-10-7-13-19(14-17)23(18-11-5-2-6-12-18)20(15-22)16-8-3-1-4-9-16/h1-14,20H,15,22H2. The quantitative estimate of drug-likeness (QED) is 0.664. The highest BCUT2D eigenvalue weighted by Crippen LogP contribution is 2.35. The van der Waals surface area contributed by atoms with E-state index in [-0.39, 0.29) is 6.04 Å². The van der Waals surface area contributed by atoms with Gasteiger partial charge in [-0.05, 0) is 35.9 Å². The van der Waals surface area contributed by atoms with Gasteiger partial charge < -0.3 is 10.6 Å². The maximum atomic E-state index is 6.17. The topological polar surface area (TPSA) is 29.3 Å². The van der Waals surface area contributed by atoms with Crippen molar-refractivity contribution in [3.63, 3.8) is 0 Å². The number of hydrogen-bond donors (Lipinski definition) is 1. The van der Waals surface area contributed by atoms with Crippen LogP contribution in [-0.4, -0.2) is 6.54 Å². The number of rotatable bonds is 5. The first-order chi connectivity index (χ1) is 11.3. The van der Waals surface area contributed by atoms with Gasteiger partial charge in [-0.2, -0.15) is 0 Å². The largest absolute Gasteiger partial charge is 0.333 e. The molecule has 3 heteroatoms. The van der Waals surface area contributed by atoms with Gasteiger partial charge in [-0.15, -0.1) is 0 Å². The fourth-order valence-corrected chi connectivity index (χ4v) is 3.18. The van der Waals surface area contributed by atoms with E-state index in [1.165, 1.54) is 5.56 Å². The predicted molar refractivity (Wildman–Crippen MR) is 101 cm³/mol. The Labute approximate surface area is 145 Å². The first kappa shape index (κ1) is 15.8. The fraction of sp³-hybridized carbons (Fsp3) is 0.100. The lowest BCUT2D eigenvalue weighted by molar-refractivity contribution is 0.707. The van der Waals surface area contributed by atoms with E-state index in [2.05, 4.69) is 81.5 Å². The van der Waals surface area contributed by atoms with E-state index in [1.54, 1.807) is 0 Å². The predicted octanol–water partition coefficient (Wildman–Crippen LogP) is 5.29. The van der Waals surface area contributed by atoms with Crippen molar-refractivity contribution in [2.24, 2.45) is 5.73 Å². The summed E-state index contributed by atoms with van der Waals surface area (Å²) in [4.78, 5) is 2.29. The van der Waals surface area contributed by atoms with Crippen molar-refractivity contribution < 1.29 is 0 Å². The molecule has 0 fully saturated rings. The Bertz CT molecular complexity index is 744. The van der Waals surface area contributed by atoms with Crippen LogP contribution in [0.4, 0.5) is 11.4 Å². The molecule has 3 aromatic carbocycles. The minimum absolute atomic E-state index is 0.0768. The third kappa shape index (κ3) is 3.63. The molecule has 0 aliphatic heterocycles. The van der Waals surface area contributed by atoms with E-state index in [9.17, 15) is 0 Å². The van der Waals surface area contributed by atoms with E-state index >= 15 is 0 Å². The zero-order valence-corrected chi connectivity index (χ0v) is 14.4. The van der Waals surface area contributed by atoms with Crippen LogP contribution in [0.1, 0.15) is 11.6 Å². The van der Waals surface area contributed by atoms with Crippen LogP contribution in [0.2, 0.25) is 0 Å². The number of nitrogens with zero attached hydrogens (tertiary/aromatic N) is 1. The average molecular weight is 367 g/mol. The lowest BCUT2D eigenvalue weighted by Crippen LogP contribution is -2.30. The summed E-state index contributed by atoms with van der Waals surface area (Å²) in [5.74, 6) is 0. The van der Waals surface area contributed by atoms with Crippen molar-refractivity contribution >= 4 is 27.3 Å². The Balaban J connectivity index is 2.11. The highest BCUT2D eigenvalue weighted by Gasteiger charge is 2.21. The second-order valence-corrected chi connectivity index (χ2v) is 6.26. The Hall–Kier alpha value is -2.10. The number of nitrogens with two attached hydrogens (primary N) is 1. The van der Waals surface area contributed by atoms with Crippen LogP contribution in [-0.2, 0) is 0 Å². The molecule has 0 bridgehead atoms. The maximum Gasteiger partial charge on any atom is 0.0713 e.